The largest absolute Gasteiger partial charge is 0.373 e. The van der Waals surface area contributed by atoms with Crippen LogP contribution in [0.3, 0.4) is 0 Å². The molecule has 6 heteroatoms. The van der Waals surface area contributed by atoms with E-state index in [9.17, 15) is 0 Å². The Balaban J connectivity index is 1.99. The van der Waals surface area contributed by atoms with Gasteiger partial charge in [-0.1, -0.05) is 11.6 Å². The van der Waals surface area contributed by atoms with Crippen LogP contribution in [0, 0.1) is 6.92 Å². The summed E-state index contributed by atoms with van der Waals surface area (Å²) in [5.41, 5.74) is 0. The van der Waals surface area contributed by atoms with Crippen molar-refractivity contribution in [3.63, 3.8) is 0 Å². The Hall–Kier alpha value is -0.910. The van der Waals surface area contributed by atoms with Crippen LogP contribution in [0.1, 0.15) is 12.7 Å². The summed E-state index contributed by atoms with van der Waals surface area (Å²) < 4.78 is 5.76. The number of likely N-dealkylation sites (N-methyl/N-ethyl adjacent to an activating group) is 1. The molecule has 1 fully saturated rings. The van der Waals surface area contributed by atoms with Crippen molar-refractivity contribution in [3.05, 3.63) is 17.0 Å². The topological polar surface area (TPSA) is 50.3 Å². The van der Waals surface area contributed by atoms with Crippen LogP contribution in [0.25, 0.3) is 0 Å². The van der Waals surface area contributed by atoms with Crippen LogP contribution in [0.5, 0.6) is 0 Å². The summed E-state index contributed by atoms with van der Waals surface area (Å²) in [6, 6.07) is 1.91. The summed E-state index contributed by atoms with van der Waals surface area (Å²) in [5, 5.41) is 3.78. The third kappa shape index (κ3) is 3.54. The monoisotopic (exact) mass is 270 g/mol. The second kappa shape index (κ2) is 5.82. The van der Waals surface area contributed by atoms with Crippen molar-refractivity contribution in [1.82, 2.24) is 14.9 Å². The smallest absolute Gasteiger partial charge is 0.134 e. The molecule has 1 saturated heterocycles. The van der Waals surface area contributed by atoms with E-state index in [0.29, 0.717) is 11.0 Å². The van der Waals surface area contributed by atoms with Gasteiger partial charge in [-0.05, 0) is 20.9 Å². The van der Waals surface area contributed by atoms with E-state index in [2.05, 4.69) is 34.2 Å². The minimum absolute atomic E-state index is 0.165. The van der Waals surface area contributed by atoms with Crippen molar-refractivity contribution in [2.24, 2.45) is 0 Å². The molecule has 2 atom stereocenters. The molecule has 0 radical (unpaired) electrons. The van der Waals surface area contributed by atoms with Crippen LogP contribution in [-0.2, 0) is 4.74 Å². The van der Waals surface area contributed by atoms with Crippen LogP contribution in [0.15, 0.2) is 6.07 Å². The van der Waals surface area contributed by atoms with Gasteiger partial charge in [0, 0.05) is 19.2 Å². The highest BCUT2D eigenvalue weighted by Gasteiger charge is 2.23. The Bertz CT molecular complexity index is 395. The summed E-state index contributed by atoms with van der Waals surface area (Å²) >= 11 is 5.91. The summed E-state index contributed by atoms with van der Waals surface area (Å²) in [7, 11) is 2.11. The van der Waals surface area contributed by atoms with Crippen LogP contribution >= 0.6 is 11.6 Å². The molecule has 0 aromatic carbocycles. The van der Waals surface area contributed by atoms with Crippen molar-refractivity contribution in [2.75, 3.05) is 32.1 Å². The van der Waals surface area contributed by atoms with E-state index in [1.807, 2.05) is 6.92 Å². The molecule has 100 valence electrons. The lowest BCUT2D eigenvalue weighted by Gasteiger charge is -2.34. The van der Waals surface area contributed by atoms with E-state index in [0.717, 1.165) is 25.5 Å². The number of halogens is 1. The number of hydrogen-bond acceptors (Lipinski definition) is 5. The Morgan fingerprint density at radius 3 is 3.00 bits per heavy atom. The molecule has 0 saturated carbocycles. The van der Waals surface area contributed by atoms with Gasteiger partial charge in [0.15, 0.2) is 0 Å². The van der Waals surface area contributed by atoms with Crippen LogP contribution in [-0.4, -0.2) is 53.8 Å². The zero-order valence-corrected chi connectivity index (χ0v) is 11.7. The maximum absolute atomic E-state index is 5.91. The van der Waals surface area contributed by atoms with Crippen LogP contribution in [0.2, 0.25) is 5.15 Å². The summed E-state index contributed by atoms with van der Waals surface area (Å²) in [5.74, 6) is 1.41. The number of hydrogen-bond donors (Lipinski definition) is 1. The number of nitrogens with zero attached hydrogens (tertiary/aromatic N) is 3. The Labute approximate surface area is 113 Å². The third-order valence-electron chi connectivity index (χ3n) is 3.04. The quantitative estimate of drug-likeness (QED) is 0.845. The Morgan fingerprint density at radius 2 is 2.33 bits per heavy atom. The first-order valence-electron chi connectivity index (χ1n) is 6.12. The molecule has 5 nitrogen and oxygen atoms in total. The number of anilines is 1. The molecule has 1 N–H and O–H groups in total. The lowest BCUT2D eigenvalue weighted by molar-refractivity contribution is -0.0260. The maximum atomic E-state index is 5.91. The molecule has 0 amide bonds. The second-order valence-electron chi connectivity index (χ2n) is 4.73. The molecular weight excluding hydrogens is 252 g/mol. The van der Waals surface area contributed by atoms with Crippen molar-refractivity contribution in [2.45, 2.75) is 26.0 Å². The van der Waals surface area contributed by atoms with E-state index in [1.54, 1.807) is 6.07 Å². The predicted molar refractivity (Wildman–Crippen MR) is 72.1 cm³/mol. The fourth-order valence-corrected chi connectivity index (χ4v) is 2.27. The number of aryl methyl sites for hydroxylation is 1. The van der Waals surface area contributed by atoms with E-state index in [1.165, 1.54) is 0 Å². The highest BCUT2D eigenvalue weighted by atomic mass is 35.5. The minimum atomic E-state index is 0.165. The predicted octanol–water partition coefficient (Wildman–Crippen LogP) is 1.57. The lowest BCUT2D eigenvalue weighted by Crippen LogP contribution is -2.47. The lowest BCUT2D eigenvalue weighted by atomic mass is 10.1. The molecule has 1 aliphatic heterocycles. The molecule has 2 unspecified atom stereocenters. The van der Waals surface area contributed by atoms with Crippen molar-refractivity contribution >= 4 is 17.4 Å². The van der Waals surface area contributed by atoms with Gasteiger partial charge in [0.05, 0.1) is 18.8 Å². The third-order valence-corrected chi connectivity index (χ3v) is 3.23. The minimum Gasteiger partial charge on any atom is -0.373 e. The van der Waals surface area contributed by atoms with Gasteiger partial charge in [0.1, 0.15) is 16.8 Å². The maximum Gasteiger partial charge on any atom is 0.134 e. The molecule has 2 rings (SSSR count). The molecule has 1 aliphatic rings. The molecular formula is C12H19ClN4O. The first kappa shape index (κ1) is 13.5. The number of aromatic nitrogens is 2. The number of nitrogens with one attached hydrogen (secondary N) is 1. The molecule has 18 heavy (non-hydrogen) atoms. The van der Waals surface area contributed by atoms with Crippen molar-refractivity contribution < 1.29 is 4.74 Å². The highest BCUT2D eigenvalue weighted by molar-refractivity contribution is 6.29. The number of ether oxygens (including phenoxy) is 1. The fraction of sp³-hybridized carbons (Fsp3) is 0.667. The van der Waals surface area contributed by atoms with Gasteiger partial charge in [-0.25, -0.2) is 9.97 Å². The van der Waals surface area contributed by atoms with Crippen molar-refractivity contribution in [1.29, 1.82) is 0 Å². The average Bonchev–Trinajstić information content (AvgIpc) is 2.27. The van der Waals surface area contributed by atoms with Gasteiger partial charge >= 0.3 is 0 Å². The molecule has 1 aromatic heterocycles. The first-order chi connectivity index (χ1) is 8.54. The van der Waals surface area contributed by atoms with Gasteiger partial charge in [0.25, 0.3) is 0 Å². The fourth-order valence-electron chi connectivity index (χ4n) is 2.04. The van der Waals surface area contributed by atoms with Crippen LogP contribution < -0.4 is 5.32 Å². The Kier molecular flexibility index (Phi) is 4.37. The second-order valence-corrected chi connectivity index (χ2v) is 5.11. The van der Waals surface area contributed by atoms with Crippen molar-refractivity contribution in [3.8, 4) is 0 Å². The zero-order chi connectivity index (χ0) is 13.1. The molecule has 2 heterocycles. The van der Waals surface area contributed by atoms with E-state index in [-0.39, 0.29) is 12.1 Å². The van der Waals surface area contributed by atoms with Gasteiger partial charge in [-0.3, -0.25) is 0 Å². The molecule has 0 spiro atoms. The van der Waals surface area contributed by atoms with E-state index in [4.69, 9.17) is 16.3 Å². The summed E-state index contributed by atoms with van der Waals surface area (Å²) in [6.07, 6.45) is 0.165. The average molecular weight is 271 g/mol. The van der Waals surface area contributed by atoms with E-state index < -0.39 is 0 Å². The molecule has 0 aliphatic carbocycles. The Morgan fingerprint density at radius 1 is 1.56 bits per heavy atom. The number of rotatable bonds is 3. The van der Waals surface area contributed by atoms with E-state index >= 15 is 0 Å². The zero-order valence-electron chi connectivity index (χ0n) is 11.0. The van der Waals surface area contributed by atoms with Gasteiger partial charge in [-0.2, -0.15) is 0 Å². The summed E-state index contributed by atoms with van der Waals surface area (Å²) in [4.78, 5) is 10.6. The molecule has 1 aromatic rings. The summed E-state index contributed by atoms with van der Waals surface area (Å²) in [6.45, 7) is 6.60. The molecule has 0 bridgehead atoms. The SMILES string of the molecule is Cc1nc(Cl)cc(NC(C)C2CN(C)CCO2)n1. The first-order valence-corrected chi connectivity index (χ1v) is 6.50. The van der Waals surface area contributed by atoms with Gasteiger partial charge < -0.3 is 15.0 Å². The standard InChI is InChI=1S/C12H19ClN4O/c1-8(10-7-17(3)4-5-18-10)14-12-6-11(13)15-9(2)16-12/h6,8,10H,4-5,7H2,1-3H3,(H,14,15,16). The van der Waals surface area contributed by atoms with Gasteiger partial charge in [0.2, 0.25) is 0 Å². The normalized spacial score (nSPS) is 22.8. The van der Waals surface area contributed by atoms with Crippen LogP contribution in [0.4, 0.5) is 5.82 Å². The highest BCUT2D eigenvalue weighted by Crippen LogP contribution is 2.15. The van der Waals surface area contributed by atoms with Gasteiger partial charge in [-0.15, -0.1) is 0 Å². The number of morpholine rings is 1.